The van der Waals surface area contributed by atoms with Crippen LogP contribution in [0.3, 0.4) is 0 Å². The number of imidazole rings is 1. The number of halogens is 1. The van der Waals surface area contributed by atoms with Gasteiger partial charge in [-0.05, 0) is 0 Å². The molecule has 1 saturated heterocycles. The molecule has 0 aliphatic carbocycles. The van der Waals surface area contributed by atoms with Gasteiger partial charge in [0.1, 0.15) is 35.8 Å². The first-order valence-electron chi connectivity index (χ1n) is 6.60. The fourth-order valence-corrected chi connectivity index (χ4v) is 2.09. The molecule has 9 N–H and O–H groups in total. The van der Waals surface area contributed by atoms with Crippen LogP contribution in [0.25, 0.3) is 11.2 Å². The topological polar surface area (TPSA) is 228 Å². The van der Waals surface area contributed by atoms with Crippen molar-refractivity contribution < 1.29 is 43.7 Å². The van der Waals surface area contributed by atoms with Gasteiger partial charge in [-0.3, -0.25) is 0 Å². The lowest BCUT2D eigenvalue weighted by Gasteiger charge is -2.34. The highest BCUT2D eigenvalue weighted by Gasteiger charge is 2.40. The summed E-state index contributed by atoms with van der Waals surface area (Å²) in [5, 5.41) is 28.9. The summed E-state index contributed by atoms with van der Waals surface area (Å²) in [7, 11) is -4.64. The zero-order valence-corrected chi connectivity index (χ0v) is 13.2. The highest BCUT2D eigenvalue weighted by Crippen LogP contribution is 2.29. The van der Waals surface area contributed by atoms with Crippen molar-refractivity contribution in [2.24, 2.45) is 0 Å². The number of hydrogen-bond donors (Lipinski definition) is 8. The summed E-state index contributed by atoms with van der Waals surface area (Å²) in [4.78, 5) is 35.1. The molecule has 0 saturated carbocycles. The Morgan fingerprint density at radius 1 is 1.16 bits per heavy atom. The van der Waals surface area contributed by atoms with Gasteiger partial charge >= 0.3 is 13.9 Å². The Labute approximate surface area is 138 Å². The van der Waals surface area contributed by atoms with E-state index in [1.165, 1.54) is 0 Å². The van der Waals surface area contributed by atoms with Gasteiger partial charge in [0.2, 0.25) is 0 Å². The summed E-state index contributed by atoms with van der Waals surface area (Å²) < 4.78 is 27.1. The van der Waals surface area contributed by atoms with E-state index in [1.807, 2.05) is 0 Å². The van der Waals surface area contributed by atoms with Crippen molar-refractivity contribution in [2.45, 2.75) is 24.4 Å². The largest absolute Gasteiger partial charge is 0.466 e. The average Bonchev–Trinajstić information content (AvgIpc) is 2.87. The second kappa shape index (κ2) is 7.23. The van der Waals surface area contributed by atoms with E-state index in [4.69, 9.17) is 29.7 Å². The van der Waals surface area contributed by atoms with Gasteiger partial charge in [0.25, 0.3) is 0 Å². The van der Waals surface area contributed by atoms with Gasteiger partial charge in [-0.25, -0.2) is 9.55 Å². The predicted octanol–water partition coefficient (Wildman–Crippen LogP) is -2.70. The number of aromatic amines is 1. The molecule has 0 spiro atoms. The van der Waals surface area contributed by atoms with Crippen molar-refractivity contribution in [3.05, 3.63) is 11.9 Å². The van der Waals surface area contributed by atoms with E-state index in [9.17, 15) is 19.7 Å². The van der Waals surface area contributed by atoms with Crippen LogP contribution in [-0.4, -0.2) is 74.9 Å². The molecule has 1 aliphatic heterocycles. The van der Waals surface area contributed by atoms with Gasteiger partial charge in [0.15, 0.2) is 11.5 Å². The Morgan fingerprint density at radius 2 is 1.76 bits per heavy atom. The number of aliphatic hydroxyl groups excluding tert-OH is 3. The highest BCUT2D eigenvalue weighted by molar-refractivity contribution is 7.45. The van der Waals surface area contributed by atoms with Crippen molar-refractivity contribution >= 4 is 24.8 Å². The molecule has 0 amide bonds. The second-order valence-corrected chi connectivity index (χ2v) is 6.04. The zero-order valence-electron chi connectivity index (χ0n) is 12.3. The molecule has 15 heteroatoms. The summed E-state index contributed by atoms with van der Waals surface area (Å²) in [6.07, 6.45) is -5.98. The minimum absolute atomic E-state index is 0.0126. The van der Waals surface area contributed by atoms with Gasteiger partial charge in [-0.2, -0.15) is 14.4 Å². The minimum atomic E-state index is -4.64. The molecule has 0 unspecified atom stereocenters. The smallest absolute Gasteiger partial charge is 0.388 e. The summed E-state index contributed by atoms with van der Waals surface area (Å²) >= 11 is 0. The molecule has 3 rings (SSSR count). The molecule has 0 bridgehead atoms. The van der Waals surface area contributed by atoms with Gasteiger partial charge in [-0.1, -0.05) is 0 Å². The fraction of sp³-hybridized carbons (Fsp3) is 0.500. The number of fused-ring (bicyclic) bond motifs is 1. The van der Waals surface area contributed by atoms with Crippen molar-refractivity contribution in [2.75, 3.05) is 12.3 Å². The third-order valence-electron chi connectivity index (χ3n) is 3.14. The Bertz CT molecular complexity index is 791. The number of aromatic nitrogens is 4. The molecule has 4 atom stereocenters. The van der Waals surface area contributed by atoms with Crippen molar-refractivity contribution in [3.63, 3.8) is 0 Å². The quantitative estimate of drug-likeness (QED) is 0.186. The number of hydrogen-bond acceptors (Lipinski definition) is 9. The van der Waals surface area contributed by atoms with Crippen molar-refractivity contribution in [3.8, 4) is 0 Å². The number of H-pyrrole nitrogens is 1. The van der Waals surface area contributed by atoms with Crippen LogP contribution in [0.5, 0.6) is 0 Å². The number of nitrogens with zero attached hydrogens (tertiary/aromatic N) is 3. The number of rotatable bonds is 1. The number of ether oxygens (including phenoxy) is 1. The van der Waals surface area contributed by atoms with Crippen molar-refractivity contribution in [1.29, 1.82) is 0 Å². The molecule has 2 aromatic rings. The zero-order chi connectivity index (χ0) is 18.9. The molecule has 25 heavy (non-hydrogen) atoms. The lowest BCUT2D eigenvalue weighted by Crippen LogP contribution is -2.49. The molecule has 2 aromatic heterocycles. The molecule has 13 nitrogen and oxygen atoms in total. The van der Waals surface area contributed by atoms with Crippen molar-refractivity contribution in [1.82, 2.24) is 19.9 Å². The summed E-state index contributed by atoms with van der Waals surface area (Å²) in [5.41, 5.74) is 5.72. The number of aliphatic hydroxyl groups is 3. The van der Waals surface area contributed by atoms with Crippen LogP contribution in [-0.2, 0) is 9.30 Å². The van der Waals surface area contributed by atoms with Gasteiger partial charge in [0, 0.05) is 0 Å². The maximum atomic E-state index is 13.0. The van der Waals surface area contributed by atoms with Crippen LogP contribution in [0.1, 0.15) is 11.9 Å². The Morgan fingerprint density at radius 3 is 2.36 bits per heavy atom. The minimum Gasteiger partial charge on any atom is -0.388 e. The molecule has 1 fully saturated rings. The second-order valence-electron chi connectivity index (χ2n) is 5.01. The van der Waals surface area contributed by atoms with Gasteiger partial charge < -0.3 is 45.5 Å². The number of phosphoric acid groups is 1. The van der Waals surface area contributed by atoms with Crippen LogP contribution in [0, 0.1) is 6.08 Å². The Kier molecular flexibility index (Phi) is 5.65. The number of nitrogens with two attached hydrogens (primary N) is 1. The molecule has 0 aromatic carbocycles. The van der Waals surface area contributed by atoms with E-state index in [2.05, 4.69) is 19.9 Å². The highest BCUT2D eigenvalue weighted by atomic mass is 31.2. The van der Waals surface area contributed by atoms with E-state index in [-0.39, 0.29) is 29.4 Å². The van der Waals surface area contributed by atoms with E-state index in [0.29, 0.717) is 0 Å². The molecule has 0 radical (unpaired) electrons. The maximum Gasteiger partial charge on any atom is 0.466 e. The van der Waals surface area contributed by atoms with Crippen LogP contribution in [0.15, 0.2) is 0 Å². The first-order chi connectivity index (χ1) is 11.5. The van der Waals surface area contributed by atoms with Gasteiger partial charge in [0.05, 0.1) is 6.61 Å². The van der Waals surface area contributed by atoms with Gasteiger partial charge in [-0.15, -0.1) is 0 Å². The van der Waals surface area contributed by atoms with E-state index in [1.54, 1.807) is 0 Å². The summed E-state index contributed by atoms with van der Waals surface area (Å²) in [6.45, 7) is -0.171. The van der Waals surface area contributed by atoms with Crippen LogP contribution in [0.2, 0.25) is 0 Å². The standard InChI is InChI=1S/C10H12FN5O4.H3O4P/c11-10-14-7(12)3-8(16-10)15-9(13-3)6-5(19)4(18)2(17)1-20-6;1-5(2,3)4/h2,4-6,17-19H,1H2,(H3,12,13,14,15,16);(H3,1,2,3,4)/t2-,4-,5+,6-;/m1./s1. The van der Waals surface area contributed by atoms with Crippen LogP contribution in [0.4, 0.5) is 10.2 Å². The molecule has 3 heterocycles. The monoisotopic (exact) mass is 383 g/mol. The number of anilines is 1. The van der Waals surface area contributed by atoms with E-state index < -0.39 is 38.3 Å². The summed E-state index contributed by atoms with van der Waals surface area (Å²) in [6, 6.07) is 0. The SMILES string of the molecule is Nc1nc(F)nc2nc([C@@H]3OC[C@@H](O)[C@@H](O)[C@@H]3O)[nH]c12.O=P(O)(O)O. The predicted molar refractivity (Wildman–Crippen MR) is 77.0 cm³/mol. The number of nitrogen functional groups attached to an aromatic ring is 1. The third-order valence-corrected chi connectivity index (χ3v) is 3.14. The molecular weight excluding hydrogens is 368 g/mol. The Hall–Kier alpha value is -1.77. The lowest BCUT2D eigenvalue weighted by molar-refractivity contribution is -0.191. The van der Waals surface area contributed by atoms with Crippen LogP contribution >= 0.6 is 7.82 Å². The van der Waals surface area contributed by atoms with Crippen LogP contribution < -0.4 is 5.73 Å². The fourth-order valence-electron chi connectivity index (χ4n) is 2.09. The maximum absolute atomic E-state index is 13.0. The normalized spacial score (nSPS) is 27.0. The first kappa shape index (κ1) is 19.6. The number of nitrogens with one attached hydrogen (secondary N) is 1. The van der Waals surface area contributed by atoms with E-state index >= 15 is 0 Å². The molecule has 140 valence electrons. The molecule has 1 aliphatic rings. The Balaban J connectivity index is 0.000000399. The first-order valence-corrected chi connectivity index (χ1v) is 8.16. The average molecular weight is 383 g/mol. The van der Waals surface area contributed by atoms with E-state index in [0.717, 1.165) is 0 Å². The summed E-state index contributed by atoms with van der Waals surface area (Å²) in [5.74, 6) is -0.0119. The third kappa shape index (κ3) is 4.87. The lowest BCUT2D eigenvalue weighted by atomic mass is 10.00. The molecular formula is C10H15FN5O8P.